The molecule has 5 heteroatoms. The van der Waals surface area contributed by atoms with Crippen molar-refractivity contribution in [1.82, 2.24) is 10.2 Å². The molecule has 0 spiro atoms. The zero-order valence-electron chi connectivity index (χ0n) is 13.4. The average molecular weight is 339 g/mol. The highest BCUT2D eigenvalue weighted by Gasteiger charge is 2.09. The van der Waals surface area contributed by atoms with Crippen molar-refractivity contribution < 1.29 is 0 Å². The maximum Gasteiger partial charge on any atom is 0.148 e. The van der Waals surface area contributed by atoms with E-state index in [-0.39, 0.29) is 0 Å². The first-order valence-corrected chi connectivity index (χ1v) is 7.80. The van der Waals surface area contributed by atoms with Crippen molar-refractivity contribution >= 4 is 28.8 Å². The number of hydrogen-bond donors (Lipinski definition) is 2. The normalized spacial score (nSPS) is 9.58. The van der Waals surface area contributed by atoms with Gasteiger partial charge in [-0.2, -0.15) is 0 Å². The van der Waals surface area contributed by atoms with Crippen LogP contribution in [0.5, 0.6) is 0 Å². The number of benzene rings is 2. The molecule has 3 aromatic rings. The van der Waals surface area contributed by atoms with Crippen LogP contribution in [0.2, 0.25) is 5.02 Å². The lowest BCUT2D eigenvalue weighted by molar-refractivity contribution is 1.05. The first kappa shape index (κ1) is 17.5. The van der Waals surface area contributed by atoms with Crippen LogP contribution in [0.15, 0.2) is 73.3 Å². The molecule has 122 valence electrons. The number of aromatic nitrogens is 2. The van der Waals surface area contributed by atoms with Crippen LogP contribution in [0.25, 0.3) is 11.3 Å². The molecule has 0 aliphatic heterocycles. The highest BCUT2D eigenvalue weighted by Crippen LogP contribution is 2.29. The number of halogens is 1. The third-order valence-electron chi connectivity index (χ3n) is 2.98. The first-order chi connectivity index (χ1) is 11.6. The van der Waals surface area contributed by atoms with Crippen molar-refractivity contribution in [3.05, 3.63) is 78.3 Å². The summed E-state index contributed by atoms with van der Waals surface area (Å²) in [5, 5.41) is 12.1. The fraction of sp³-hybridized carbons (Fsp3) is 0.0526. The van der Waals surface area contributed by atoms with E-state index in [9.17, 15) is 0 Å². The molecule has 0 radical (unpaired) electrons. The summed E-state index contributed by atoms with van der Waals surface area (Å²) in [6, 6.07) is 19.0. The second-order valence-corrected chi connectivity index (χ2v) is 5.37. The molecule has 0 aliphatic carbocycles. The summed E-state index contributed by atoms with van der Waals surface area (Å²) >= 11 is 5.90. The number of nitrogens with two attached hydrogens (primary N) is 1. The molecule has 24 heavy (non-hydrogen) atoms. The predicted octanol–water partition coefficient (Wildman–Crippen LogP) is 5.32. The van der Waals surface area contributed by atoms with Gasteiger partial charge in [0.2, 0.25) is 0 Å². The van der Waals surface area contributed by atoms with Gasteiger partial charge in [-0.25, -0.2) is 0 Å². The third kappa shape index (κ3) is 4.83. The number of nitrogens with zero attached hydrogens (tertiary/aromatic N) is 2. The lowest BCUT2D eigenvalue weighted by atomic mass is 10.1. The summed E-state index contributed by atoms with van der Waals surface area (Å²) in [4.78, 5) is 0. The van der Waals surface area contributed by atoms with E-state index in [0.717, 1.165) is 22.6 Å². The Bertz CT molecular complexity index is 786. The number of nitrogens with one attached hydrogen (secondary N) is 1. The Balaban J connectivity index is 0.000000647. The maximum atomic E-state index is 5.90. The Hall–Kier alpha value is -2.85. The Kier molecular flexibility index (Phi) is 6.34. The molecule has 2 aromatic carbocycles. The molecule has 0 unspecified atom stereocenters. The molecule has 1 heterocycles. The van der Waals surface area contributed by atoms with Crippen molar-refractivity contribution in [3.8, 4) is 11.3 Å². The maximum absolute atomic E-state index is 5.90. The van der Waals surface area contributed by atoms with Crippen molar-refractivity contribution in [3.63, 3.8) is 0 Å². The van der Waals surface area contributed by atoms with E-state index < -0.39 is 0 Å². The molecule has 4 nitrogen and oxygen atoms in total. The lowest BCUT2D eigenvalue weighted by Gasteiger charge is -2.11. The van der Waals surface area contributed by atoms with Gasteiger partial charge in [0, 0.05) is 22.3 Å². The van der Waals surface area contributed by atoms with Crippen molar-refractivity contribution in [2.24, 2.45) is 0 Å². The molecule has 0 fully saturated rings. The number of rotatable bonds is 3. The number of hydrogen-bond acceptors (Lipinski definition) is 4. The smallest absolute Gasteiger partial charge is 0.148 e. The van der Waals surface area contributed by atoms with Gasteiger partial charge >= 0.3 is 0 Å². The monoisotopic (exact) mass is 338 g/mol. The fourth-order valence-corrected chi connectivity index (χ4v) is 2.13. The van der Waals surface area contributed by atoms with Crippen LogP contribution in [0.3, 0.4) is 0 Å². The summed E-state index contributed by atoms with van der Waals surface area (Å²) in [6.45, 7) is 5.25. The van der Waals surface area contributed by atoms with Crippen LogP contribution in [-0.4, -0.2) is 10.2 Å². The Morgan fingerprint density at radius 1 is 1.04 bits per heavy atom. The summed E-state index contributed by atoms with van der Waals surface area (Å²) in [6.07, 6.45) is 1.75. The van der Waals surface area contributed by atoms with E-state index in [4.69, 9.17) is 17.3 Å². The van der Waals surface area contributed by atoms with Gasteiger partial charge in [0.1, 0.15) is 11.5 Å². The number of allylic oxidation sites excluding steroid dienone is 1. The van der Waals surface area contributed by atoms with Gasteiger partial charge in [0.15, 0.2) is 0 Å². The predicted molar refractivity (Wildman–Crippen MR) is 102 cm³/mol. The molecule has 0 saturated carbocycles. The highest BCUT2D eigenvalue weighted by atomic mass is 35.5. The number of nitrogen functional groups attached to an aromatic ring is 1. The summed E-state index contributed by atoms with van der Waals surface area (Å²) in [5.41, 5.74) is 9.18. The van der Waals surface area contributed by atoms with E-state index in [1.165, 1.54) is 0 Å². The van der Waals surface area contributed by atoms with E-state index in [1.54, 1.807) is 12.1 Å². The second kappa shape index (κ2) is 8.70. The zero-order valence-corrected chi connectivity index (χ0v) is 14.2. The summed E-state index contributed by atoms with van der Waals surface area (Å²) in [5.74, 6) is 0.367. The highest BCUT2D eigenvalue weighted by molar-refractivity contribution is 6.30. The molecule has 0 bridgehead atoms. The van der Waals surface area contributed by atoms with Crippen molar-refractivity contribution in [2.75, 3.05) is 11.1 Å². The molecule has 3 rings (SSSR count). The Morgan fingerprint density at radius 2 is 1.67 bits per heavy atom. The molecule has 0 aliphatic rings. The average Bonchev–Trinajstić information content (AvgIpc) is 2.59. The van der Waals surface area contributed by atoms with Gasteiger partial charge < -0.3 is 11.1 Å². The standard InChI is InChI=1S/C16H13ClN4.C3H6/c17-12-6-8-13(9-7-12)19-14-10-15(18)20-21-16(14)11-4-2-1-3-5-11;1-3-2/h1-10H,(H3,18,19,20);3H,1H2,2H3. The SMILES string of the molecule is C=CC.Nc1cc(Nc2ccc(Cl)cc2)c(-c2ccccc2)nn1. The van der Waals surface area contributed by atoms with Crippen LogP contribution in [0.1, 0.15) is 6.92 Å². The van der Waals surface area contributed by atoms with E-state index in [1.807, 2.05) is 61.5 Å². The van der Waals surface area contributed by atoms with Gasteiger partial charge in [-0.05, 0) is 31.2 Å². The van der Waals surface area contributed by atoms with Crippen LogP contribution in [0, 0.1) is 0 Å². The van der Waals surface area contributed by atoms with Gasteiger partial charge in [-0.3, -0.25) is 0 Å². The minimum absolute atomic E-state index is 0.367. The van der Waals surface area contributed by atoms with Crippen molar-refractivity contribution in [1.29, 1.82) is 0 Å². The quantitative estimate of drug-likeness (QED) is 0.635. The zero-order chi connectivity index (χ0) is 17.4. The van der Waals surface area contributed by atoms with Gasteiger partial charge in [0.05, 0.1) is 5.69 Å². The van der Waals surface area contributed by atoms with Crippen LogP contribution in [0.4, 0.5) is 17.2 Å². The molecule has 0 atom stereocenters. The molecule has 0 amide bonds. The largest absolute Gasteiger partial charge is 0.382 e. The van der Waals surface area contributed by atoms with Crippen LogP contribution >= 0.6 is 11.6 Å². The van der Waals surface area contributed by atoms with Crippen LogP contribution in [-0.2, 0) is 0 Å². The van der Waals surface area contributed by atoms with Gasteiger partial charge in [-0.15, -0.1) is 16.8 Å². The Labute approximate surface area is 147 Å². The number of anilines is 3. The first-order valence-electron chi connectivity index (χ1n) is 7.42. The summed E-state index contributed by atoms with van der Waals surface area (Å²) in [7, 11) is 0. The van der Waals surface area contributed by atoms with Crippen LogP contribution < -0.4 is 11.1 Å². The van der Waals surface area contributed by atoms with E-state index in [0.29, 0.717) is 10.8 Å². The third-order valence-corrected chi connectivity index (χ3v) is 3.24. The molecule has 1 aromatic heterocycles. The van der Waals surface area contributed by atoms with Crippen molar-refractivity contribution in [2.45, 2.75) is 6.92 Å². The minimum Gasteiger partial charge on any atom is -0.382 e. The summed E-state index contributed by atoms with van der Waals surface area (Å²) < 4.78 is 0. The topological polar surface area (TPSA) is 63.8 Å². The van der Waals surface area contributed by atoms with Gasteiger partial charge in [-0.1, -0.05) is 48.0 Å². The molecular weight excluding hydrogens is 320 g/mol. The molecular formula is C19H19ClN4. The van der Waals surface area contributed by atoms with Gasteiger partial charge in [0.25, 0.3) is 0 Å². The molecule has 3 N–H and O–H groups in total. The Morgan fingerprint density at radius 3 is 2.29 bits per heavy atom. The molecule has 0 saturated heterocycles. The van der Waals surface area contributed by atoms with E-state index in [2.05, 4.69) is 22.1 Å². The fourth-order valence-electron chi connectivity index (χ4n) is 2.00. The lowest BCUT2D eigenvalue weighted by Crippen LogP contribution is -2.01. The van der Waals surface area contributed by atoms with E-state index >= 15 is 0 Å². The minimum atomic E-state index is 0.367. The second-order valence-electron chi connectivity index (χ2n) is 4.94.